The van der Waals surface area contributed by atoms with Crippen LogP contribution in [0.4, 0.5) is 11.5 Å². The van der Waals surface area contributed by atoms with Crippen molar-refractivity contribution in [1.29, 1.82) is 0 Å². The summed E-state index contributed by atoms with van der Waals surface area (Å²) in [7, 11) is 0. The van der Waals surface area contributed by atoms with Gasteiger partial charge in [-0.2, -0.15) is 0 Å². The van der Waals surface area contributed by atoms with E-state index in [1.807, 2.05) is 36.5 Å². The molecule has 4 heteroatoms. The van der Waals surface area contributed by atoms with E-state index >= 15 is 0 Å². The molecule has 0 amide bonds. The number of hydrogen-bond acceptors (Lipinski definition) is 1. The number of aromatic nitrogens is 1. The van der Waals surface area contributed by atoms with E-state index in [9.17, 15) is 0 Å². The van der Waals surface area contributed by atoms with Crippen LogP contribution in [0.2, 0.25) is 0 Å². The van der Waals surface area contributed by atoms with Crippen molar-refractivity contribution in [3.05, 3.63) is 53.7 Å². The minimum Gasteiger partial charge on any atom is -0.313 e. The van der Waals surface area contributed by atoms with Crippen molar-refractivity contribution in [3.63, 3.8) is 0 Å². The van der Waals surface area contributed by atoms with E-state index in [1.165, 1.54) is 11.1 Å². The topological polar surface area (TPSA) is 38.2 Å². The van der Waals surface area contributed by atoms with Gasteiger partial charge in [0.05, 0.1) is 6.20 Å². The summed E-state index contributed by atoms with van der Waals surface area (Å²) in [5.74, 6) is 0.861. The number of pyridine rings is 1. The fourth-order valence-electron chi connectivity index (χ4n) is 1.63. The van der Waals surface area contributed by atoms with E-state index in [4.69, 9.17) is 12.2 Å². The van der Waals surface area contributed by atoms with Crippen LogP contribution < -0.4 is 15.6 Å². The summed E-state index contributed by atoms with van der Waals surface area (Å²) in [4.78, 5) is 3.07. The van der Waals surface area contributed by atoms with Gasteiger partial charge in [0, 0.05) is 11.8 Å². The van der Waals surface area contributed by atoms with Crippen LogP contribution >= 0.6 is 12.2 Å². The van der Waals surface area contributed by atoms with Gasteiger partial charge >= 0.3 is 0 Å². The van der Waals surface area contributed by atoms with Crippen LogP contribution in [0.15, 0.2) is 42.6 Å². The number of aromatic amines is 1. The lowest BCUT2D eigenvalue weighted by atomic mass is 10.1. The Kier molecular flexibility index (Phi) is 3.89. The Balaban J connectivity index is 2.06. The van der Waals surface area contributed by atoms with E-state index in [1.54, 1.807) is 0 Å². The number of anilines is 2. The molecule has 0 radical (unpaired) electrons. The third-order valence-electron chi connectivity index (χ3n) is 2.81. The zero-order valence-corrected chi connectivity index (χ0v) is 11.3. The number of hydrogen-bond donors (Lipinski definition) is 2. The highest BCUT2D eigenvalue weighted by Gasteiger charge is 2.07. The molecule has 1 aromatic heterocycles. The molecule has 1 heterocycles. The van der Waals surface area contributed by atoms with Gasteiger partial charge in [-0.05, 0) is 49.3 Å². The maximum Gasteiger partial charge on any atom is 0.279 e. The van der Waals surface area contributed by atoms with E-state index in [0.717, 1.165) is 11.5 Å². The molecular formula is C14H16N3S+. The summed E-state index contributed by atoms with van der Waals surface area (Å²) in [6.45, 7) is 4.16. The Labute approximate surface area is 112 Å². The van der Waals surface area contributed by atoms with Crippen LogP contribution in [-0.4, -0.2) is 5.11 Å². The lowest BCUT2D eigenvalue weighted by molar-refractivity contribution is -0.360. The fourth-order valence-corrected chi connectivity index (χ4v) is 1.85. The van der Waals surface area contributed by atoms with Gasteiger partial charge in [0.15, 0.2) is 0 Å². The molecule has 0 aliphatic carbocycles. The van der Waals surface area contributed by atoms with Crippen molar-refractivity contribution in [2.45, 2.75) is 13.8 Å². The summed E-state index contributed by atoms with van der Waals surface area (Å²) >= 11 is 5.28. The lowest BCUT2D eigenvalue weighted by Crippen LogP contribution is -2.24. The highest BCUT2D eigenvalue weighted by molar-refractivity contribution is 7.80. The smallest absolute Gasteiger partial charge is 0.279 e. The first-order chi connectivity index (χ1) is 8.66. The number of aryl methyl sites for hydroxylation is 1. The Morgan fingerprint density at radius 1 is 1.06 bits per heavy atom. The van der Waals surface area contributed by atoms with Crippen LogP contribution in [0.3, 0.4) is 0 Å². The van der Waals surface area contributed by atoms with Crippen molar-refractivity contribution in [3.8, 4) is 0 Å². The molecule has 0 bridgehead atoms. The number of H-pyrrole nitrogens is 1. The van der Waals surface area contributed by atoms with E-state index in [-0.39, 0.29) is 0 Å². The second kappa shape index (κ2) is 5.60. The van der Waals surface area contributed by atoms with Gasteiger partial charge in [-0.3, -0.25) is 0 Å². The highest BCUT2D eigenvalue weighted by Crippen LogP contribution is 2.18. The van der Waals surface area contributed by atoms with Crippen molar-refractivity contribution >= 4 is 28.8 Å². The zero-order valence-electron chi connectivity index (χ0n) is 10.4. The molecule has 3 nitrogen and oxygen atoms in total. The highest BCUT2D eigenvalue weighted by atomic mass is 32.1. The van der Waals surface area contributed by atoms with E-state index in [2.05, 4.69) is 35.5 Å². The Hall–Kier alpha value is -1.94. The monoisotopic (exact) mass is 258 g/mol. The fraction of sp³-hybridized carbons (Fsp3) is 0.143. The lowest BCUT2D eigenvalue weighted by Gasteiger charge is -2.10. The Bertz CT molecular complexity index is 552. The van der Waals surface area contributed by atoms with Gasteiger partial charge in [0.25, 0.3) is 10.9 Å². The van der Waals surface area contributed by atoms with E-state index < -0.39 is 0 Å². The van der Waals surface area contributed by atoms with Gasteiger partial charge in [-0.1, -0.05) is 18.2 Å². The molecule has 0 spiro atoms. The predicted molar refractivity (Wildman–Crippen MR) is 78.8 cm³/mol. The van der Waals surface area contributed by atoms with Crippen LogP contribution in [0.5, 0.6) is 0 Å². The minimum absolute atomic E-state index is 0.575. The van der Waals surface area contributed by atoms with Crippen molar-refractivity contribution < 1.29 is 4.98 Å². The van der Waals surface area contributed by atoms with Gasteiger partial charge in [0.1, 0.15) is 0 Å². The molecule has 2 rings (SSSR count). The number of thiocarbonyl (C=S) groups is 1. The molecule has 3 N–H and O–H groups in total. The van der Waals surface area contributed by atoms with E-state index in [0.29, 0.717) is 5.11 Å². The molecule has 0 unspecified atom stereocenters. The summed E-state index contributed by atoms with van der Waals surface area (Å²) in [6.07, 6.45) is 1.85. The first kappa shape index (κ1) is 12.5. The standard InChI is InChI=1S/C14H15N3S/c1-10-6-5-7-12(11(10)2)16-14(18)17-13-8-3-4-9-15-13/h3-9H,1-2H3,(H2,15,16,17,18)/p+1. The third kappa shape index (κ3) is 3.05. The zero-order chi connectivity index (χ0) is 13.0. The molecule has 1 aromatic carbocycles. The predicted octanol–water partition coefficient (Wildman–Crippen LogP) is 2.93. The summed E-state index contributed by atoms with van der Waals surface area (Å²) in [6, 6.07) is 11.9. The summed E-state index contributed by atoms with van der Waals surface area (Å²) in [5.41, 5.74) is 3.48. The van der Waals surface area contributed by atoms with Gasteiger partial charge in [-0.15, -0.1) is 0 Å². The third-order valence-corrected chi connectivity index (χ3v) is 3.01. The molecule has 0 aliphatic rings. The molecule has 0 fully saturated rings. The molecule has 0 aliphatic heterocycles. The molecule has 18 heavy (non-hydrogen) atoms. The quantitative estimate of drug-likeness (QED) is 0.813. The summed E-state index contributed by atoms with van der Waals surface area (Å²) in [5, 5.41) is 6.88. The van der Waals surface area contributed by atoms with Crippen LogP contribution in [0, 0.1) is 13.8 Å². The second-order valence-corrected chi connectivity index (χ2v) is 4.51. The van der Waals surface area contributed by atoms with Crippen LogP contribution in [-0.2, 0) is 0 Å². The average Bonchev–Trinajstić information content (AvgIpc) is 2.36. The first-order valence-electron chi connectivity index (χ1n) is 5.78. The Morgan fingerprint density at radius 3 is 2.61 bits per heavy atom. The first-order valence-corrected chi connectivity index (χ1v) is 6.18. The molecule has 0 atom stereocenters. The van der Waals surface area contributed by atoms with Crippen molar-refractivity contribution in [1.82, 2.24) is 0 Å². The maximum atomic E-state index is 5.28. The molecule has 2 aromatic rings. The maximum absolute atomic E-state index is 5.28. The minimum atomic E-state index is 0.575. The van der Waals surface area contributed by atoms with Crippen LogP contribution in [0.1, 0.15) is 11.1 Å². The molecule has 92 valence electrons. The SMILES string of the molecule is Cc1cccc(NC(=S)Nc2cccc[nH+]2)c1C. The molecule has 0 saturated carbocycles. The van der Waals surface area contributed by atoms with Gasteiger partial charge < -0.3 is 5.32 Å². The van der Waals surface area contributed by atoms with Crippen molar-refractivity contribution in [2.24, 2.45) is 0 Å². The molecule has 0 saturated heterocycles. The average molecular weight is 258 g/mol. The molecular weight excluding hydrogens is 242 g/mol. The van der Waals surface area contributed by atoms with Gasteiger partial charge in [-0.25, -0.2) is 10.3 Å². The van der Waals surface area contributed by atoms with Crippen molar-refractivity contribution in [2.75, 3.05) is 10.6 Å². The number of nitrogens with one attached hydrogen (secondary N) is 3. The Morgan fingerprint density at radius 2 is 1.89 bits per heavy atom. The number of benzene rings is 1. The largest absolute Gasteiger partial charge is 0.313 e. The summed E-state index contributed by atoms with van der Waals surface area (Å²) < 4.78 is 0. The van der Waals surface area contributed by atoms with Crippen LogP contribution in [0.25, 0.3) is 0 Å². The number of rotatable bonds is 2. The normalized spacial score (nSPS) is 9.89. The second-order valence-electron chi connectivity index (χ2n) is 4.10. The van der Waals surface area contributed by atoms with Gasteiger partial charge in [0.2, 0.25) is 0 Å².